The molecule has 0 fully saturated rings. The number of hydrogen-bond acceptors (Lipinski definition) is 7. The summed E-state index contributed by atoms with van der Waals surface area (Å²) in [6, 6.07) is 12.6. The molecule has 0 saturated carbocycles. The SMILES string of the molecule is CCNc1nc(C)cc(Nc2ccc(NC(=O)c3ccc(OCC)nc3)cc2)n1. The highest BCUT2D eigenvalue weighted by Crippen LogP contribution is 2.20. The van der Waals surface area contributed by atoms with Gasteiger partial charge in [-0.15, -0.1) is 0 Å². The summed E-state index contributed by atoms with van der Waals surface area (Å²) in [6.45, 7) is 7.08. The average Bonchev–Trinajstić information content (AvgIpc) is 2.70. The number of ether oxygens (including phenoxy) is 1. The van der Waals surface area contributed by atoms with Crippen molar-refractivity contribution in [3.63, 3.8) is 0 Å². The van der Waals surface area contributed by atoms with Crippen molar-refractivity contribution in [1.82, 2.24) is 15.0 Å². The summed E-state index contributed by atoms with van der Waals surface area (Å²) in [5.74, 6) is 1.55. The number of anilines is 4. The highest BCUT2D eigenvalue weighted by Gasteiger charge is 2.08. The molecule has 1 amide bonds. The van der Waals surface area contributed by atoms with Gasteiger partial charge in [-0.1, -0.05) is 0 Å². The molecule has 3 N–H and O–H groups in total. The summed E-state index contributed by atoms with van der Waals surface area (Å²) >= 11 is 0. The van der Waals surface area contributed by atoms with Crippen LogP contribution in [0.3, 0.4) is 0 Å². The van der Waals surface area contributed by atoms with Crippen molar-refractivity contribution in [3.05, 3.63) is 59.9 Å². The van der Waals surface area contributed by atoms with Gasteiger partial charge in [-0.25, -0.2) is 9.97 Å². The molecule has 0 unspecified atom stereocenters. The van der Waals surface area contributed by atoms with Crippen LogP contribution in [0.4, 0.5) is 23.1 Å². The van der Waals surface area contributed by atoms with E-state index in [0.717, 1.165) is 17.9 Å². The van der Waals surface area contributed by atoms with E-state index in [-0.39, 0.29) is 5.91 Å². The van der Waals surface area contributed by atoms with Crippen molar-refractivity contribution >= 4 is 29.0 Å². The first-order valence-electron chi connectivity index (χ1n) is 9.44. The van der Waals surface area contributed by atoms with Gasteiger partial charge in [0.05, 0.1) is 12.2 Å². The number of nitrogens with one attached hydrogen (secondary N) is 3. The lowest BCUT2D eigenvalue weighted by atomic mass is 10.2. The van der Waals surface area contributed by atoms with Crippen LogP contribution in [0.15, 0.2) is 48.7 Å². The quantitative estimate of drug-likeness (QED) is 0.532. The third-order valence-electron chi connectivity index (χ3n) is 3.90. The van der Waals surface area contributed by atoms with E-state index >= 15 is 0 Å². The maximum absolute atomic E-state index is 12.4. The van der Waals surface area contributed by atoms with Crippen LogP contribution < -0.4 is 20.7 Å². The lowest BCUT2D eigenvalue weighted by Gasteiger charge is -2.10. The molecule has 8 nitrogen and oxygen atoms in total. The van der Waals surface area contributed by atoms with Crippen LogP contribution in [0, 0.1) is 6.92 Å². The molecule has 0 radical (unpaired) electrons. The van der Waals surface area contributed by atoms with Gasteiger partial charge in [-0.2, -0.15) is 4.98 Å². The Morgan fingerprint density at radius 2 is 1.79 bits per heavy atom. The second-order valence-electron chi connectivity index (χ2n) is 6.22. The summed E-state index contributed by atoms with van der Waals surface area (Å²) in [6.07, 6.45) is 1.50. The first-order chi connectivity index (χ1) is 14.1. The lowest BCUT2D eigenvalue weighted by molar-refractivity contribution is 0.102. The second-order valence-corrected chi connectivity index (χ2v) is 6.22. The van der Waals surface area contributed by atoms with E-state index < -0.39 is 0 Å². The molecule has 0 spiro atoms. The maximum Gasteiger partial charge on any atom is 0.257 e. The van der Waals surface area contributed by atoms with Gasteiger partial charge in [-0.05, 0) is 51.1 Å². The minimum Gasteiger partial charge on any atom is -0.478 e. The number of benzene rings is 1. The Kier molecular flexibility index (Phi) is 6.57. The van der Waals surface area contributed by atoms with Crippen LogP contribution >= 0.6 is 0 Å². The average molecular weight is 392 g/mol. The van der Waals surface area contributed by atoms with Gasteiger partial charge < -0.3 is 20.7 Å². The molecule has 1 aromatic carbocycles. The Morgan fingerprint density at radius 3 is 2.45 bits per heavy atom. The number of aryl methyl sites for hydroxylation is 1. The summed E-state index contributed by atoms with van der Waals surface area (Å²) < 4.78 is 5.29. The molecular formula is C21H24N6O2. The molecule has 29 heavy (non-hydrogen) atoms. The van der Waals surface area contributed by atoms with E-state index in [1.165, 1.54) is 6.20 Å². The fraction of sp³-hybridized carbons (Fsp3) is 0.238. The molecule has 3 aromatic rings. The Labute approximate surface area is 169 Å². The molecule has 0 aliphatic rings. The fourth-order valence-electron chi connectivity index (χ4n) is 2.61. The van der Waals surface area contributed by atoms with Crippen molar-refractivity contribution in [2.75, 3.05) is 29.1 Å². The van der Waals surface area contributed by atoms with E-state index in [2.05, 4.69) is 30.9 Å². The van der Waals surface area contributed by atoms with Gasteiger partial charge in [0.25, 0.3) is 5.91 Å². The largest absolute Gasteiger partial charge is 0.478 e. The summed E-state index contributed by atoms with van der Waals surface area (Å²) in [4.78, 5) is 25.2. The van der Waals surface area contributed by atoms with Crippen molar-refractivity contribution < 1.29 is 9.53 Å². The van der Waals surface area contributed by atoms with Crippen molar-refractivity contribution in [1.29, 1.82) is 0 Å². The fourth-order valence-corrected chi connectivity index (χ4v) is 2.61. The van der Waals surface area contributed by atoms with E-state index in [1.54, 1.807) is 12.1 Å². The van der Waals surface area contributed by atoms with Crippen molar-refractivity contribution in [2.45, 2.75) is 20.8 Å². The Hall–Kier alpha value is -3.68. The molecule has 2 aromatic heterocycles. The van der Waals surface area contributed by atoms with E-state index in [1.807, 2.05) is 51.1 Å². The van der Waals surface area contributed by atoms with Crippen molar-refractivity contribution in [2.24, 2.45) is 0 Å². The Bertz CT molecular complexity index is 958. The number of rotatable bonds is 8. The number of pyridine rings is 1. The maximum atomic E-state index is 12.4. The number of amides is 1. The third-order valence-corrected chi connectivity index (χ3v) is 3.90. The van der Waals surface area contributed by atoms with E-state index in [4.69, 9.17) is 4.74 Å². The molecular weight excluding hydrogens is 368 g/mol. The summed E-state index contributed by atoms with van der Waals surface area (Å²) in [7, 11) is 0. The Morgan fingerprint density at radius 1 is 1.03 bits per heavy atom. The van der Waals surface area contributed by atoms with Crippen LogP contribution in [0.2, 0.25) is 0 Å². The number of carbonyl (C=O) groups excluding carboxylic acids is 1. The zero-order valence-electron chi connectivity index (χ0n) is 16.7. The molecule has 0 saturated heterocycles. The van der Waals surface area contributed by atoms with Gasteiger partial charge >= 0.3 is 0 Å². The summed E-state index contributed by atoms with van der Waals surface area (Å²) in [5, 5.41) is 9.21. The minimum absolute atomic E-state index is 0.233. The van der Waals surface area contributed by atoms with Crippen LogP contribution in [0.25, 0.3) is 0 Å². The topological polar surface area (TPSA) is 101 Å². The number of aromatic nitrogens is 3. The van der Waals surface area contributed by atoms with Crippen LogP contribution in [0.5, 0.6) is 5.88 Å². The number of carbonyl (C=O) groups is 1. The van der Waals surface area contributed by atoms with E-state index in [0.29, 0.717) is 35.5 Å². The normalized spacial score (nSPS) is 10.3. The smallest absolute Gasteiger partial charge is 0.257 e. The molecule has 0 atom stereocenters. The predicted octanol–water partition coefficient (Wildman–Crippen LogP) is 4.01. The highest BCUT2D eigenvalue weighted by atomic mass is 16.5. The molecule has 0 aliphatic heterocycles. The lowest BCUT2D eigenvalue weighted by Crippen LogP contribution is -2.12. The van der Waals surface area contributed by atoms with Gasteiger partial charge in [0.2, 0.25) is 11.8 Å². The van der Waals surface area contributed by atoms with Crippen LogP contribution in [0.1, 0.15) is 29.9 Å². The Balaban J connectivity index is 1.63. The number of hydrogen-bond donors (Lipinski definition) is 3. The molecule has 150 valence electrons. The first-order valence-corrected chi connectivity index (χ1v) is 9.44. The van der Waals surface area contributed by atoms with Gasteiger partial charge in [0.15, 0.2) is 0 Å². The van der Waals surface area contributed by atoms with Crippen LogP contribution in [-0.4, -0.2) is 34.0 Å². The minimum atomic E-state index is -0.233. The standard InChI is InChI=1S/C21H24N6O2/c1-4-22-21-24-14(3)12-18(27-21)25-16-7-9-17(10-8-16)26-20(28)15-6-11-19(23-13-15)29-5-2/h6-13H,4-5H2,1-3H3,(H,26,28)(H2,22,24,25,27). The number of nitrogens with zero attached hydrogens (tertiary/aromatic N) is 3. The zero-order chi connectivity index (χ0) is 20.6. The molecule has 8 heteroatoms. The molecule has 0 aliphatic carbocycles. The molecule has 3 rings (SSSR count). The predicted molar refractivity (Wildman–Crippen MR) is 114 cm³/mol. The molecule has 0 bridgehead atoms. The van der Waals surface area contributed by atoms with Gasteiger partial charge in [0.1, 0.15) is 5.82 Å². The second kappa shape index (κ2) is 9.50. The first kappa shape index (κ1) is 20.1. The summed E-state index contributed by atoms with van der Waals surface area (Å²) in [5.41, 5.74) is 2.86. The van der Waals surface area contributed by atoms with Gasteiger partial charge in [0, 0.05) is 41.9 Å². The van der Waals surface area contributed by atoms with Crippen molar-refractivity contribution in [3.8, 4) is 5.88 Å². The monoisotopic (exact) mass is 392 g/mol. The van der Waals surface area contributed by atoms with Gasteiger partial charge in [-0.3, -0.25) is 4.79 Å². The third kappa shape index (κ3) is 5.65. The molecule has 2 heterocycles. The van der Waals surface area contributed by atoms with Crippen LogP contribution in [-0.2, 0) is 0 Å². The van der Waals surface area contributed by atoms with E-state index in [9.17, 15) is 4.79 Å². The zero-order valence-corrected chi connectivity index (χ0v) is 16.7. The highest BCUT2D eigenvalue weighted by molar-refractivity contribution is 6.04.